The van der Waals surface area contributed by atoms with E-state index >= 15 is 0 Å². The quantitative estimate of drug-likeness (QED) is 0.878. The van der Waals surface area contributed by atoms with Gasteiger partial charge >= 0.3 is 5.97 Å². The molecule has 0 unspecified atom stereocenters. The zero-order valence-corrected chi connectivity index (χ0v) is 11.2. The predicted molar refractivity (Wildman–Crippen MR) is 70.9 cm³/mol. The average Bonchev–Trinajstić information content (AvgIpc) is 2.39. The highest BCUT2D eigenvalue weighted by Gasteiger charge is 2.37. The van der Waals surface area contributed by atoms with Gasteiger partial charge in [-0.15, -0.1) is 0 Å². The minimum atomic E-state index is -0.746. The number of anilines is 1. The van der Waals surface area contributed by atoms with Crippen molar-refractivity contribution in [1.82, 2.24) is 4.98 Å². The molecule has 19 heavy (non-hydrogen) atoms. The van der Waals surface area contributed by atoms with Gasteiger partial charge in [0, 0.05) is 19.3 Å². The number of piperidine rings is 1. The molecule has 1 saturated heterocycles. The first-order chi connectivity index (χ1) is 8.98. The van der Waals surface area contributed by atoms with Gasteiger partial charge in [0.15, 0.2) is 0 Å². The summed E-state index contributed by atoms with van der Waals surface area (Å²) in [5.74, 6) is -0.0696. The monoisotopic (exact) mass is 259 g/mol. The van der Waals surface area contributed by atoms with Crippen LogP contribution in [0, 0.1) is 23.7 Å². The molecule has 0 aromatic carbocycles. The lowest BCUT2D eigenvalue weighted by atomic mass is 9.80. The number of nitrogens with zero attached hydrogens (tertiary/aromatic N) is 3. The normalized spacial score (nSPS) is 17.8. The lowest BCUT2D eigenvalue weighted by Gasteiger charge is -2.37. The number of pyridine rings is 1. The highest BCUT2D eigenvalue weighted by molar-refractivity contribution is 5.74. The van der Waals surface area contributed by atoms with Crippen LogP contribution in [0.3, 0.4) is 0 Å². The van der Waals surface area contributed by atoms with Crippen LogP contribution >= 0.6 is 0 Å². The van der Waals surface area contributed by atoms with Crippen molar-refractivity contribution in [2.45, 2.75) is 26.7 Å². The molecule has 5 nitrogen and oxygen atoms in total. The second kappa shape index (κ2) is 4.88. The van der Waals surface area contributed by atoms with Crippen molar-refractivity contribution in [2.24, 2.45) is 5.41 Å². The molecule has 100 valence electrons. The van der Waals surface area contributed by atoms with E-state index in [-0.39, 0.29) is 0 Å². The Balaban J connectivity index is 2.22. The first kappa shape index (κ1) is 13.3. The van der Waals surface area contributed by atoms with Crippen molar-refractivity contribution in [2.75, 3.05) is 18.0 Å². The number of hydrogen-bond acceptors (Lipinski definition) is 4. The van der Waals surface area contributed by atoms with E-state index in [9.17, 15) is 15.2 Å². The summed E-state index contributed by atoms with van der Waals surface area (Å²) in [6, 6.07) is 4.00. The third-order valence-electron chi connectivity index (χ3n) is 3.93. The number of aromatic nitrogens is 1. The van der Waals surface area contributed by atoms with Gasteiger partial charge in [-0.3, -0.25) is 4.79 Å². The van der Waals surface area contributed by atoms with Gasteiger partial charge in [-0.25, -0.2) is 4.98 Å². The average molecular weight is 259 g/mol. The van der Waals surface area contributed by atoms with Crippen LogP contribution in [0.1, 0.15) is 30.9 Å². The van der Waals surface area contributed by atoms with E-state index in [4.69, 9.17) is 0 Å². The fourth-order valence-corrected chi connectivity index (χ4v) is 2.35. The summed E-state index contributed by atoms with van der Waals surface area (Å²) in [7, 11) is 0. The zero-order valence-electron chi connectivity index (χ0n) is 11.2. The van der Waals surface area contributed by atoms with Gasteiger partial charge in [0.25, 0.3) is 0 Å². The Morgan fingerprint density at radius 3 is 2.68 bits per heavy atom. The van der Waals surface area contributed by atoms with E-state index in [0.717, 1.165) is 5.56 Å². The van der Waals surface area contributed by atoms with Gasteiger partial charge in [-0.1, -0.05) is 0 Å². The maximum atomic E-state index is 11.2. The fourth-order valence-electron chi connectivity index (χ4n) is 2.35. The van der Waals surface area contributed by atoms with Crippen molar-refractivity contribution in [1.29, 1.82) is 5.26 Å². The van der Waals surface area contributed by atoms with Crippen LogP contribution in [-0.4, -0.2) is 29.1 Å². The molecule has 2 rings (SSSR count). The van der Waals surface area contributed by atoms with Crippen LogP contribution in [0.15, 0.2) is 12.3 Å². The number of nitriles is 1. The van der Waals surface area contributed by atoms with E-state index in [1.165, 1.54) is 0 Å². The van der Waals surface area contributed by atoms with Crippen LogP contribution in [-0.2, 0) is 4.79 Å². The molecule has 1 fully saturated rings. The summed E-state index contributed by atoms with van der Waals surface area (Å²) < 4.78 is 0. The maximum Gasteiger partial charge on any atom is 0.309 e. The van der Waals surface area contributed by atoms with Crippen molar-refractivity contribution in [3.63, 3.8) is 0 Å². The minimum absolute atomic E-state index is 0.572. The van der Waals surface area contributed by atoms with Crippen LogP contribution in [0.5, 0.6) is 0 Å². The van der Waals surface area contributed by atoms with Crippen molar-refractivity contribution >= 4 is 11.8 Å². The Morgan fingerprint density at radius 2 is 2.16 bits per heavy atom. The molecule has 1 N–H and O–H groups in total. The van der Waals surface area contributed by atoms with Gasteiger partial charge < -0.3 is 10.0 Å². The maximum absolute atomic E-state index is 11.2. The molecular weight excluding hydrogens is 242 g/mol. The van der Waals surface area contributed by atoms with Crippen molar-refractivity contribution in [3.05, 3.63) is 23.4 Å². The summed E-state index contributed by atoms with van der Waals surface area (Å²) >= 11 is 0. The molecule has 1 aromatic rings. The van der Waals surface area contributed by atoms with Crippen LogP contribution in [0.25, 0.3) is 0 Å². The second-order valence-corrected chi connectivity index (χ2v) is 5.29. The molecule has 0 radical (unpaired) electrons. The number of aryl methyl sites for hydroxylation is 1. The van der Waals surface area contributed by atoms with Gasteiger partial charge in [-0.2, -0.15) is 5.26 Å². The molecule has 0 atom stereocenters. The Kier molecular flexibility index (Phi) is 3.43. The van der Waals surface area contributed by atoms with E-state index < -0.39 is 11.4 Å². The van der Waals surface area contributed by atoms with Crippen molar-refractivity contribution < 1.29 is 9.90 Å². The molecular formula is C14H17N3O2. The van der Waals surface area contributed by atoms with Crippen molar-refractivity contribution in [3.8, 4) is 6.07 Å². The number of aliphatic carboxylic acids is 1. The molecule has 0 saturated carbocycles. The fraction of sp³-hybridized carbons (Fsp3) is 0.500. The molecule has 1 aromatic heterocycles. The first-order valence-electron chi connectivity index (χ1n) is 6.32. The Labute approximate surface area is 112 Å². The Hall–Kier alpha value is -2.09. The summed E-state index contributed by atoms with van der Waals surface area (Å²) in [6.45, 7) is 4.90. The summed E-state index contributed by atoms with van der Waals surface area (Å²) in [6.07, 6.45) is 2.84. The summed E-state index contributed by atoms with van der Waals surface area (Å²) in [5, 5.41) is 18.4. The molecule has 0 bridgehead atoms. The van der Waals surface area contributed by atoms with Crippen LogP contribution in [0.2, 0.25) is 0 Å². The third-order valence-corrected chi connectivity index (χ3v) is 3.93. The first-order valence-corrected chi connectivity index (χ1v) is 6.32. The van der Waals surface area contributed by atoms with Gasteiger partial charge in [0.05, 0.1) is 11.0 Å². The van der Waals surface area contributed by atoms with E-state index in [2.05, 4.69) is 11.1 Å². The lowest BCUT2D eigenvalue weighted by molar-refractivity contribution is -0.149. The molecule has 0 aliphatic carbocycles. The van der Waals surface area contributed by atoms with E-state index in [1.807, 2.05) is 17.9 Å². The van der Waals surface area contributed by atoms with E-state index in [1.54, 1.807) is 13.1 Å². The van der Waals surface area contributed by atoms with Crippen LogP contribution in [0.4, 0.5) is 5.82 Å². The summed E-state index contributed by atoms with van der Waals surface area (Å²) in [4.78, 5) is 17.5. The Bertz CT molecular complexity index is 540. The highest BCUT2D eigenvalue weighted by atomic mass is 16.4. The van der Waals surface area contributed by atoms with Gasteiger partial charge in [0.2, 0.25) is 0 Å². The molecule has 5 heteroatoms. The predicted octanol–water partition coefficient (Wildman–Crippen LogP) is 1.95. The highest BCUT2D eigenvalue weighted by Crippen LogP contribution is 2.33. The SMILES string of the molecule is Cc1ccnc(N2CCC(C)(C(=O)O)CC2)c1C#N. The smallest absolute Gasteiger partial charge is 0.309 e. The largest absolute Gasteiger partial charge is 0.481 e. The zero-order chi connectivity index (χ0) is 14.0. The number of carbonyl (C=O) groups is 1. The van der Waals surface area contributed by atoms with Gasteiger partial charge in [0.1, 0.15) is 11.9 Å². The molecule has 0 amide bonds. The van der Waals surface area contributed by atoms with Gasteiger partial charge in [-0.05, 0) is 38.3 Å². The second-order valence-electron chi connectivity index (χ2n) is 5.29. The number of hydrogen-bond donors (Lipinski definition) is 1. The molecule has 2 heterocycles. The number of carboxylic acid groups (broad SMARTS) is 1. The standard InChI is InChI=1S/C14H17N3O2/c1-10-3-6-16-12(11(10)9-15)17-7-4-14(2,5-8-17)13(18)19/h3,6H,4-5,7-8H2,1-2H3,(H,18,19). The number of carboxylic acids is 1. The molecule has 1 aliphatic rings. The van der Waals surface area contributed by atoms with E-state index in [0.29, 0.717) is 37.3 Å². The summed E-state index contributed by atoms with van der Waals surface area (Å²) in [5.41, 5.74) is 0.827. The molecule has 0 spiro atoms. The third kappa shape index (κ3) is 2.39. The lowest BCUT2D eigenvalue weighted by Crippen LogP contribution is -2.43. The topological polar surface area (TPSA) is 77.2 Å². The number of rotatable bonds is 2. The molecule has 1 aliphatic heterocycles. The minimum Gasteiger partial charge on any atom is -0.481 e. The van der Waals surface area contributed by atoms with Crippen LogP contribution < -0.4 is 4.90 Å². The Morgan fingerprint density at radius 1 is 1.53 bits per heavy atom.